The Balaban J connectivity index is 1.50. The Labute approximate surface area is 343 Å². The van der Waals surface area contributed by atoms with Crippen LogP contribution in [-0.2, 0) is 70.4 Å². The molecule has 2 saturated heterocycles. The number of aliphatic hydroxyl groups is 1. The maximum Gasteiger partial charge on any atom is 0.340 e. The number of nitrogens with one attached hydrogen (secondary N) is 3. The summed E-state index contributed by atoms with van der Waals surface area (Å²) < 4.78 is 33.5. The summed E-state index contributed by atoms with van der Waals surface area (Å²) in [5, 5.41) is 27.4. The first kappa shape index (κ1) is 48.4. The molecule has 3 rings (SSSR count). The number of hydrogen-bond donors (Lipinski definition) is 5. The summed E-state index contributed by atoms with van der Waals surface area (Å²) in [5.74, 6) is -4.53. The van der Waals surface area contributed by atoms with Gasteiger partial charge < -0.3 is 59.5 Å². The van der Waals surface area contributed by atoms with Gasteiger partial charge in [-0.1, -0.05) is 12.6 Å². The summed E-state index contributed by atoms with van der Waals surface area (Å²) in [4.78, 5) is 87.0. The smallest absolute Gasteiger partial charge is 0.340 e. The summed E-state index contributed by atoms with van der Waals surface area (Å²) in [7, 11) is 1.65. The Kier molecular flexibility index (Phi) is 18.0. The average Bonchev–Trinajstić information content (AvgIpc) is 3.16. The molecule has 0 aliphatic carbocycles. The number of ether oxygens (including phenoxy) is 6. The molecule has 5 N–H and O–H groups in total. The molecule has 0 unspecified atom stereocenters. The van der Waals surface area contributed by atoms with Gasteiger partial charge >= 0.3 is 11.9 Å². The highest BCUT2D eigenvalue weighted by atomic mass is 16.7. The second kappa shape index (κ2) is 21.9. The van der Waals surface area contributed by atoms with Crippen LogP contribution in [0.3, 0.4) is 0 Å². The van der Waals surface area contributed by atoms with Crippen LogP contribution in [0.1, 0.15) is 77.8 Å². The highest BCUT2D eigenvalue weighted by Gasteiger charge is 2.47. The topological polar surface area (TPSA) is 255 Å². The van der Waals surface area contributed by atoms with Crippen LogP contribution in [0, 0.1) is 0 Å². The van der Waals surface area contributed by atoms with Crippen molar-refractivity contribution < 1.29 is 72.2 Å². The third kappa shape index (κ3) is 16.0. The quantitative estimate of drug-likeness (QED) is 0.0545. The number of aliphatic carboxylic acids is 1. The molecule has 0 radical (unpaired) electrons. The zero-order chi connectivity index (χ0) is 44.0. The van der Waals surface area contributed by atoms with Crippen LogP contribution < -0.4 is 20.7 Å². The van der Waals surface area contributed by atoms with Crippen LogP contribution in [0.2, 0.25) is 0 Å². The molecule has 0 aromatic heterocycles. The highest BCUT2D eigenvalue weighted by Crippen LogP contribution is 2.29. The predicted octanol–water partition coefficient (Wildman–Crippen LogP) is 0.671. The molecule has 19 nitrogen and oxygen atoms in total. The van der Waals surface area contributed by atoms with Gasteiger partial charge in [0.05, 0.1) is 37.4 Å². The number of rotatable bonds is 24. The zero-order valence-electron chi connectivity index (χ0n) is 34.6. The first-order valence-electron chi connectivity index (χ1n) is 19.2. The van der Waals surface area contributed by atoms with E-state index in [0.717, 1.165) is 6.08 Å². The molecule has 0 saturated carbocycles. The fraction of sp³-hybridized carbons (Fsp3) is 0.625. The molecule has 59 heavy (non-hydrogen) atoms. The summed E-state index contributed by atoms with van der Waals surface area (Å²) in [5.41, 5.74) is -0.972. The van der Waals surface area contributed by atoms with Crippen LogP contribution in [0.4, 0.5) is 0 Å². The van der Waals surface area contributed by atoms with E-state index in [4.69, 9.17) is 28.4 Å². The first-order chi connectivity index (χ1) is 27.7. The zero-order valence-corrected chi connectivity index (χ0v) is 34.6. The number of Topliss-reactive ketones (excluding diaryl/α,β-unsaturated/α-hetero) is 1. The van der Waals surface area contributed by atoms with Gasteiger partial charge in [-0.15, -0.1) is 0 Å². The largest absolute Gasteiger partial charge is 0.479 e. The molecule has 2 aliphatic heterocycles. The van der Waals surface area contributed by atoms with Crippen LogP contribution >= 0.6 is 0 Å². The van der Waals surface area contributed by atoms with Crippen molar-refractivity contribution in [3.63, 3.8) is 0 Å². The molecule has 328 valence electrons. The average molecular weight is 835 g/mol. The van der Waals surface area contributed by atoms with Crippen molar-refractivity contribution in [3.8, 4) is 5.75 Å². The van der Waals surface area contributed by atoms with E-state index in [1.165, 1.54) is 13.0 Å². The monoisotopic (exact) mass is 834 g/mol. The standard InChI is InChI=1S/C40H58N4O15/c1-8-30(47)43-22-40(23-44(24-40)33(50)11-13-39(5,6)56-16-14-38(3,4)54-7)57-21-32(49)41-15-12-31(48)42-19-27-17-26(20-55-25(2)45)9-10-29(27)58-34-18-28(46)35(51)36(59-34)37(52)53/h8-10,17,28,34,36,46H,1,11-16,18-24H2,2-7H3,(H,41,49)(H,42,48)(H,43,47)(H,52,53)/t28-,34-,36+/m1/s1. The van der Waals surface area contributed by atoms with Crippen molar-refractivity contribution in [3.05, 3.63) is 42.0 Å². The van der Waals surface area contributed by atoms with E-state index in [2.05, 4.69) is 22.5 Å². The van der Waals surface area contributed by atoms with Crippen molar-refractivity contribution in [2.24, 2.45) is 0 Å². The Morgan fingerprint density at radius 2 is 1.73 bits per heavy atom. The maximum atomic E-state index is 13.1. The molecule has 0 bridgehead atoms. The van der Waals surface area contributed by atoms with Gasteiger partial charge in [0.2, 0.25) is 41.8 Å². The molecular weight excluding hydrogens is 776 g/mol. The first-order valence-corrected chi connectivity index (χ1v) is 19.2. The molecule has 1 aromatic rings. The molecule has 4 amide bonds. The van der Waals surface area contributed by atoms with Crippen molar-refractivity contribution in [2.45, 2.75) is 115 Å². The lowest BCUT2D eigenvalue weighted by Crippen LogP contribution is -2.69. The highest BCUT2D eigenvalue weighted by molar-refractivity contribution is 6.03. The van der Waals surface area contributed by atoms with E-state index >= 15 is 0 Å². The molecule has 2 fully saturated rings. The number of hydrogen-bond acceptors (Lipinski definition) is 14. The summed E-state index contributed by atoms with van der Waals surface area (Å²) in [6, 6.07) is 4.64. The summed E-state index contributed by atoms with van der Waals surface area (Å²) >= 11 is 0. The molecule has 2 aliphatic rings. The number of likely N-dealkylation sites (tertiary alicyclic amines) is 1. The Bertz CT molecular complexity index is 1690. The third-order valence-corrected chi connectivity index (χ3v) is 9.77. The van der Waals surface area contributed by atoms with Gasteiger partial charge in [-0.05, 0) is 64.3 Å². The lowest BCUT2D eigenvalue weighted by atomic mass is 9.92. The molecule has 2 heterocycles. The number of carbonyl (C=O) groups excluding carboxylic acids is 6. The Hall–Kier alpha value is -4.95. The van der Waals surface area contributed by atoms with Crippen molar-refractivity contribution in [2.75, 3.05) is 46.5 Å². The number of carboxylic acid groups (broad SMARTS) is 1. The molecule has 3 atom stereocenters. The van der Waals surface area contributed by atoms with E-state index < -0.39 is 71.8 Å². The van der Waals surface area contributed by atoms with Crippen molar-refractivity contribution >= 4 is 41.4 Å². The van der Waals surface area contributed by atoms with E-state index in [-0.39, 0.29) is 75.9 Å². The summed E-state index contributed by atoms with van der Waals surface area (Å²) in [6.07, 6.45) is -2.84. The lowest BCUT2D eigenvalue weighted by molar-refractivity contribution is -0.196. The van der Waals surface area contributed by atoms with Crippen LogP contribution in [0.5, 0.6) is 5.75 Å². The van der Waals surface area contributed by atoms with Crippen LogP contribution in [0.15, 0.2) is 30.9 Å². The van der Waals surface area contributed by atoms with Gasteiger partial charge in [0.15, 0.2) is 0 Å². The van der Waals surface area contributed by atoms with Gasteiger partial charge in [0.1, 0.15) is 30.7 Å². The molecular formula is C40H58N4O15. The lowest BCUT2D eigenvalue weighted by Gasteiger charge is -2.49. The van der Waals surface area contributed by atoms with Gasteiger partial charge in [0, 0.05) is 51.9 Å². The van der Waals surface area contributed by atoms with E-state index in [1.807, 2.05) is 27.7 Å². The number of carboxylic acids is 1. The third-order valence-electron chi connectivity index (χ3n) is 9.77. The molecule has 1 aromatic carbocycles. The minimum Gasteiger partial charge on any atom is -0.479 e. The Morgan fingerprint density at radius 1 is 1.02 bits per heavy atom. The fourth-order valence-corrected chi connectivity index (χ4v) is 5.89. The predicted molar refractivity (Wildman–Crippen MR) is 207 cm³/mol. The molecule has 19 heteroatoms. The number of aliphatic hydroxyl groups excluding tert-OH is 1. The van der Waals surface area contributed by atoms with Gasteiger partial charge in [-0.25, -0.2) is 4.79 Å². The van der Waals surface area contributed by atoms with Gasteiger partial charge in [0.25, 0.3) is 0 Å². The molecule has 0 spiro atoms. The number of benzene rings is 1. The SMILES string of the molecule is C=CC(=O)NCC1(OCC(=O)NCCC(=O)NCc2cc(COC(C)=O)ccc2O[C@H]2C[C@@H](O)C(=O)[C@@H](C(=O)O)O2)CN(C(=O)CCC(C)(C)OCCC(C)(C)OC)C1. The van der Waals surface area contributed by atoms with E-state index in [0.29, 0.717) is 30.6 Å². The summed E-state index contributed by atoms with van der Waals surface area (Å²) in [6.45, 7) is 12.6. The maximum absolute atomic E-state index is 13.1. The second-order valence-electron chi connectivity index (χ2n) is 15.6. The minimum atomic E-state index is -1.93. The number of carbonyl (C=O) groups is 7. The normalized spacial score (nSPS) is 18.9. The van der Waals surface area contributed by atoms with Crippen LogP contribution in [-0.4, -0.2) is 138 Å². The number of esters is 1. The van der Waals surface area contributed by atoms with Crippen molar-refractivity contribution in [1.82, 2.24) is 20.9 Å². The minimum absolute atomic E-state index is 0.0285. The van der Waals surface area contributed by atoms with Gasteiger partial charge in [-0.2, -0.15) is 0 Å². The number of methoxy groups -OCH3 is 1. The van der Waals surface area contributed by atoms with Gasteiger partial charge in [-0.3, -0.25) is 28.8 Å². The van der Waals surface area contributed by atoms with E-state index in [1.54, 1.807) is 24.1 Å². The fourth-order valence-electron chi connectivity index (χ4n) is 5.89. The number of nitrogens with zero attached hydrogens (tertiary/aromatic N) is 1. The number of ketones is 1. The van der Waals surface area contributed by atoms with Crippen LogP contribution in [0.25, 0.3) is 0 Å². The second-order valence-corrected chi connectivity index (χ2v) is 15.6. The van der Waals surface area contributed by atoms with Crippen molar-refractivity contribution in [1.29, 1.82) is 0 Å². The van der Waals surface area contributed by atoms with E-state index in [9.17, 15) is 43.8 Å². The number of amides is 4. The Morgan fingerprint density at radius 3 is 2.37 bits per heavy atom.